The molecule has 2 N–H and O–H groups in total. The highest BCUT2D eigenvalue weighted by Crippen LogP contribution is 2.19. The summed E-state index contributed by atoms with van der Waals surface area (Å²) in [6.45, 7) is 8.66. The van der Waals surface area contributed by atoms with Gasteiger partial charge in [0.05, 0.1) is 26.2 Å². The van der Waals surface area contributed by atoms with Crippen molar-refractivity contribution in [1.29, 1.82) is 0 Å². The Morgan fingerprint density at radius 2 is 1.96 bits per heavy atom. The molecule has 5 heteroatoms. The molecule has 24 heavy (non-hydrogen) atoms. The Morgan fingerprint density at radius 3 is 2.62 bits per heavy atom. The van der Waals surface area contributed by atoms with Crippen molar-refractivity contribution in [2.75, 3.05) is 32.7 Å². The molecule has 0 aliphatic carbocycles. The first kappa shape index (κ1) is 18.5. The van der Waals surface area contributed by atoms with Crippen LogP contribution in [0.5, 0.6) is 0 Å². The number of amides is 2. The SMILES string of the molecule is CC[NH+](CC)CCNC(=O)C1CCC(=O)N1CCc1ccccc1. The molecule has 0 spiro atoms. The van der Waals surface area contributed by atoms with Crippen molar-refractivity contribution in [3.8, 4) is 0 Å². The maximum absolute atomic E-state index is 12.5. The van der Waals surface area contributed by atoms with Crippen LogP contribution >= 0.6 is 0 Å². The van der Waals surface area contributed by atoms with Gasteiger partial charge in [-0.1, -0.05) is 30.3 Å². The third-order valence-electron chi connectivity index (χ3n) is 4.89. The number of nitrogens with one attached hydrogen (secondary N) is 2. The van der Waals surface area contributed by atoms with E-state index in [0.717, 1.165) is 26.1 Å². The molecule has 2 rings (SSSR count). The summed E-state index contributed by atoms with van der Waals surface area (Å²) in [5.74, 6) is 0.0981. The Labute approximate surface area is 145 Å². The van der Waals surface area contributed by atoms with Crippen LogP contribution in [0.3, 0.4) is 0 Å². The Morgan fingerprint density at radius 1 is 1.25 bits per heavy atom. The van der Waals surface area contributed by atoms with E-state index in [1.807, 2.05) is 18.2 Å². The molecule has 0 saturated carbocycles. The number of benzene rings is 1. The van der Waals surface area contributed by atoms with Crippen LogP contribution in [0.15, 0.2) is 30.3 Å². The highest BCUT2D eigenvalue weighted by molar-refractivity contribution is 5.90. The molecule has 1 fully saturated rings. The quantitative estimate of drug-likeness (QED) is 0.682. The lowest BCUT2D eigenvalue weighted by molar-refractivity contribution is -0.895. The summed E-state index contributed by atoms with van der Waals surface area (Å²) in [6, 6.07) is 9.80. The molecule has 1 unspecified atom stereocenters. The number of likely N-dealkylation sites (tertiary alicyclic amines) is 1. The number of likely N-dealkylation sites (N-methyl/N-ethyl adjacent to an activating group) is 1. The van der Waals surface area contributed by atoms with Crippen molar-refractivity contribution >= 4 is 11.8 Å². The minimum absolute atomic E-state index is 0.000433. The average Bonchev–Trinajstić information content (AvgIpc) is 2.98. The van der Waals surface area contributed by atoms with Gasteiger partial charge in [-0.3, -0.25) is 9.59 Å². The molecular weight excluding hydrogens is 302 g/mol. The summed E-state index contributed by atoms with van der Waals surface area (Å²) >= 11 is 0. The van der Waals surface area contributed by atoms with Gasteiger partial charge < -0.3 is 15.1 Å². The first-order chi connectivity index (χ1) is 11.7. The molecule has 0 bridgehead atoms. The fraction of sp³-hybridized carbons (Fsp3) is 0.579. The van der Waals surface area contributed by atoms with Gasteiger partial charge in [-0.25, -0.2) is 0 Å². The zero-order valence-electron chi connectivity index (χ0n) is 14.9. The Bertz CT molecular complexity index is 529. The highest BCUT2D eigenvalue weighted by Gasteiger charge is 2.35. The van der Waals surface area contributed by atoms with Crippen molar-refractivity contribution in [2.45, 2.75) is 39.2 Å². The van der Waals surface area contributed by atoms with Crippen LogP contribution in [0.1, 0.15) is 32.3 Å². The Balaban J connectivity index is 1.83. The van der Waals surface area contributed by atoms with E-state index in [1.165, 1.54) is 10.5 Å². The predicted octanol–water partition coefficient (Wildman–Crippen LogP) is 0.261. The summed E-state index contributed by atoms with van der Waals surface area (Å²) in [5.41, 5.74) is 1.20. The fourth-order valence-electron chi connectivity index (χ4n) is 3.26. The second-order valence-electron chi connectivity index (χ2n) is 6.38. The normalized spacial score (nSPS) is 17.5. The second-order valence-corrected chi connectivity index (χ2v) is 6.38. The number of rotatable bonds is 9. The molecule has 1 aliphatic rings. The van der Waals surface area contributed by atoms with E-state index < -0.39 is 0 Å². The molecule has 1 aliphatic heterocycles. The van der Waals surface area contributed by atoms with Crippen LogP contribution < -0.4 is 10.2 Å². The topological polar surface area (TPSA) is 53.9 Å². The summed E-state index contributed by atoms with van der Waals surface area (Å²) in [6.07, 6.45) is 1.91. The molecular formula is C19H30N3O2+. The fourth-order valence-corrected chi connectivity index (χ4v) is 3.26. The maximum Gasteiger partial charge on any atom is 0.243 e. The summed E-state index contributed by atoms with van der Waals surface area (Å²) in [5, 5.41) is 3.02. The predicted molar refractivity (Wildman–Crippen MR) is 94.8 cm³/mol. The zero-order valence-corrected chi connectivity index (χ0v) is 14.9. The number of hydrogen-bond acceptors (Lipinski definition) is 2. The summed E-state index contributed by atoms with van der Waals surface area (Å²) in [7, 11) is 0. The number of hydrogen-bond donors (Lipinski definition) is 2. The van der Waals surface area contributed by atoms with E-state index in [-0.39, 0.29) is 17.9 Å². The maximum atomic E-state index is 12.5. The van der Waals surface area contributed by atoms with Crippen molar-refractivity contribution in [2.24, 2.45) is 0 Å². The molecule has 1 heterocycles. The standard InChI is InChI=1S/C19H29N3O2/c1-3-21(4-2)15-13-20-19(24)17-10-11-18(23)22(17)14-12-16-8-6-5-7-9-16/h5-9,17H,3-4,10-15H2,1-2H3,(H,20,24)/p+1. The first-order valence-electron chi connectivity index (χ1n) is 9.10. The van der Waals surface area contributed by atoms with E-state index in [2.05, 4.69) is 31.3 Å². The Kier molecular flexibility index (Phi) is 7.25. The smallest absolute Gasteiger partial charge is 0.243 e. The highest BCUT2D eigenvalue weighted by atomic mass is 16.2. The molecule has 132 valence electrons. The molecule has 0 aromatic heterocycles. The monoisotopic (exact) mass is 332 g/mol. The lowest BCUT2D eigenvalue weighted by atomic mass is 10.1. The number of nitrogens with zero attached hydrogens (tertiary/aromatic N) is 1. The van der Waals surface area contributed by atoms with Crippen molar-refractivity contribution in [1.82, 2.24) is 10.2 Å². The van der Waals surface area contributed by atoms with Gasteiger partial charge in [-0.05, 0) is 32.3 Å². The van der Waals surface area contributed by atoms with Gasteiger partial charge in [0.25, 0.3) is 0 Å². The van der Waals surface area contributed by atoms with Gasteiger partial charge in [0.2, 0.25) is 11.8 Å². The van der Waals surface area contributed by atoms with Crippen molar-refractivity contribution < 1.29 is 14.5 Å². The first-order valence-corrected chi connectivity index (χ1v) is 9.10. The zero-order chi connectivity index (χ0) is 17.4. The molecule has 5 nitrogen and oxygen atoms in total. The van der Waals surface area contributed by atoms with Crippen molar-refractivity contribution in [3.63, 3.8) is 0 Å². The van der Waals surface area contributed by atoms with Crippen LogP contribution in [0.4, 0.5) is 0 Å². The van der Waals surface area contributed by atoms with Gasteiger partial charge in [-0.15, -0.1) is 0 Å². The van der Waals surface area contributed by atoms with Gasteiger partial charge in [0.15, 0.2) is 0 Å². The third-order valence-corrected chi connectivity index (χ3v) is 4.89. The molecule has 2 amide bonds. The largest absolute Gasteiger partial charge is 0.349 e. The lowest BCUT2D eigenvalue weighted by Gasteiger charge is -2.24. The van der Waals surface area contributed by atoms with Crippen LogP contribution in [-0.4, -0.2) is 55.5 Å². The van der Waals surface area contributed by atoms with Crippen LogP contribution in [0, 0.1) is 0 Å². The minimum atomic E-state index is -0.298. The van der Waals surface area contributed by atoms with Gasteiger partial charge >= 0.3 is 0 Å². The van der Waals surface area contributed by atoms with E-state index in [9.17, 15) is 9.59 Å². The van der Waals surface area contributed by atoms with E-state index in [4.69, 9.17) is 0 Å². The third kappa shape index (κ3) is 5.06. The van der Waals surface area contributed by atoms with Crippen molar-refractivity contribution in [3.05, 3.63) is 35.9 Å². The van der Waals surface area contributed by atoms with Crippen LogP contribution in [0.2, 0.25) is 0 Å². The molecule has 1 aromatic rings. The van der Waals surface area contributed by atoms with Gasteiger partial charge in [0.1, 0.15) is 6.04 Å². The Hall–Kier alpha value is -1.88. The lowest BCUT2D eigenvalue weighted by Crippen LogP contribution is -3.12. The van der Waals surface area contributed by atoms with E-state index in [0.29, 0.717) is 25.9 Å². The van der Waals surface area contributed by atoms with E-state index in [1.54, 1.807) is 4.90 Å². The number of carbonyl (C=O) groups is 2. The molecule has 0 radical (unpaired) electrons. The van der Waals surface area contributed by atoms with Crippen LogP contribution in [-0.2, 0) is 16.0 Å². The van der Waals surface area contributed by atoms with Gasteiger partial charge in [-0.2, -0.15) is 0 Å². The molecule has 1 aromatic carbocycles. The van der Waals surface area contributed by atoms with Crippen LogP contribution in [0.25, 0.3) is 0 Å². The summed E-state index contributed by atoms with van der Waals surface area (Å²) < 4.78 is 0. The van der Waals surface area contributed by atoms with E-state index >= 15 is 0 Å². The number of quaternary nitrogens is 1. The molecule has 1 saturated heterocycles. The number of carbonyl (C=O) groups excluding carboxylic acids is 2. The average molecular weight is 332 g/mol. The minimum Gasteiger partial charge on any atom is -0.349 e. The molecule has 1 atom stereocenters. The second kappa shape index (κ2) is 9.42. The van der Waals surface area contributed by atoms with Gasteiger partial charge in [0, 0.05) is 13.0 Å². The summed E-state index contributed by atoms with van der Waals surface area (Å²) in [4.78, 5) is 27.8.